The normalized spacial score (nSPS) is 19.7. The van der Waals surface area contributed by atoms with Crippen molar-refractivity contribution in [2.24, 2.45) is 5.92 Å². The topological polar surface area (TPSA) is 90.5 Å². The quantitative estimate of drug-likeness (QED) is 0.555. The number of hydrogen-bond acceptors (Lipinski definition) is 4. The van der Waals surface area contributed by atoms with Gasteiger partial charge in [0.1, 0.15) is 0 Å². The highest BCUT2D eigenvalue weighted by atomic mass is 35.5. The van der Waals surface area contributed by atoms with Gasteiger partial charge in [-0.1, -0.05) is 30.3 Å². The summed E-state index contributed by atoms with van der Waals surface area (Å²) in [5, 5.41) is 18.2. The lowest BCUT2D eigenvalue weighted by molar-refractivity contribution is -0.122. The van der Waals surface area contributed by atoms with Crippen LogP contribution in [0.4, 0.5) is 0 Å². The molecule has 0 bridgehead atoms. The predicted molar refractivity (Wildman–Crippen MR) is 90.4 cm³/mol. The third-order valence-electron chi connectivity index (χ3n) is 3.75. The molecule has 128 valence electrons. The second-order valence-corrected chi connectivity index (χ2v) is 5.55. The average molecular weight is 342 g/mol. The van der Waals surface area contributed by atoms with E-state index in [1.54, 1.807) is 0 Å². The summed E-state index contributed by atoms with van der Waals surface area (Å²) in [4.78, 5) is 23.4. The number of β-amino-alcohol motifs (C(OH)–C–C–N with tert-alkyl or cyclic N) is 1. The summed E-state index contributed by atoms with van der Waals surface area (Å²) in [6.07, 6.45) is 0.171. The molecule has 2 atom stereocenters. The highest BCUT2D eigenvalue weighted by molar-refractivity contribution is 5.85. The highest BCUT2D eigenvalue weighted by Crippen LogP contribution is 2.06. The zero-order valence-electron chi connectivity index (χ0n) is 13.0. The lowest BCUT2D eigenvalue weighted by Crippen LogP contribution is -2.36. The van der Waals surface area contributed by atoms with Crippen LogP contribution >= 0.6 is 12.4 Å². The Morgan fingerprint density at radius 3 is 2.52 bits per heavy atom. The molecule has 6 nitrogen and oxygen atoms in total. The summed E-state index contributed by atoms with van der Waals surface area (Å²) in [5.74, 6) is -0.134. The molecule has 7 heteroatoms. The fraction of sp³-hybridized carbons (Fsp3) is 0.500. The van der Waals surface area contributed by atoms with Gasteiger partial charge in [0.2, 0.25) is 11.8 Å². The Labute approximate surface area is 142 Å². The molecule has 1 aliphatic rings. The van der Waals surface area contributed by atoms with Gasteiger partial charge in [-0.15, -0.1) is 12.4 Å². The van der Waals surface area contributed by atoms with Crippen molar-refractivity contribution in [2.75, 3.05) is 26.2 Å². The number of amides is 2. The molecule has 4 N–H and O–H groups in total. The van der Waals surface area contributed by atoms with E-state index in [9.17, 15) is 14.7 Å². The van der Waals surface area contributed by atoms with Crippen LogP contribution in [-0.4, -0.2) is 49.2 Å². The van der Waals surface area contributed by atoms with Gasteiger partial charge in [0.05, 0.1) is 12.5 Å². The molecule has 2 amide bonds. The Hall–Kier alpha value is -1.63. The number of aliphatic hydroxyl groups is 1. The van der Waals surface area contributed by atoms with E-state index in [4.69, 9.17) is 0 Å². The van der Waals surface area contributed by atoms with Crippen LogP contribution in [0.5, 0.6) is 0 Å². The Kier molecular flexibility index (Phi) is 8.61. The van der Waals surface area contributed by atoms with Crippen molar-refractivity contribution in [3.8, 4) is 0 Å². The van der Waals surface area contributed by atoms with Gasteiger partial charge >= 0.3 is 0 Å². The first kappa shape index (κ1) is 19.4. The van der Waals surface area contributed by atoms with Crippen LogP contribution in [-0.2, 0) is 16.0 Å². The smallest absolute Gasteiger partial charge is 0.224 e. The Bertz CT molecular complexity index is 499. The average Bonchev–Trinajstić information content (AvgIpc) is 2.91. The van der Waals surface area contributed by atoms with Gasteiger partial charge in [0, 0.05) is 38.5 Å². The molecule has 0 aliphatic carbocycles. The maximum absolute atomic E-state index is 11.7. The molecule has 1 saturated heterocycles. The van der Waals surface area contributed by atoms with Crippen molar-refractivity contribution in [3.63, 3.8) is 0 Å². The van der Waals surface area contributed by atoms with Gasteiger partial charge in [-0.2, -0.15) is 0 Å². The second kappa shape index (κ2) is 10.2. The van der Waals surface area contributed by atoms with Crippen LogP contribution in [0.15, 0.2) is 30.3 Å². The fourth-order valence-corrected chi connectivity index (χ4v) is 2.42. The van der Waals surface area contributed by atoms with E-state index in [0.29, 0.717) is 26.1 Å². The van der Waals surface area contributed by atoms with Crippen LogP contribution in [0.3, 0.4) is 0 Å². The summed E-state index contributed by atoms with van der Waals surface area (Å²) in [5.41, 5.74) is 0.951. The number of nitrogens with one attached hydrogen (secondary N) is 3. The lowest BCUT2D eigenvalue weighted by Gasteiger charge is -2.14. The SMILES string of the molecule is Cl.O=C(CCNC(=O)Cc1ccccc1)NCC1CNCC1O. The van der Waals surface area contributed by atoms with Crippen LogP contribution < -0.4 is 16.0 Å². The maximum Gasteiger partial charge on any atom is 0.224 e. The summed E-state index contributed by atoms with van der Waals surface area (Å²) < 4.78 is 0. The summed E-state index contributed by atoms with van der Waals surface area (Å²) in [6.45, 7) is 2.08. The van der Waals surface area contributed by atoms with Gasteiger partial charge in [-0.3, -0.25) is 9.59 Å². The van der Waals surface area contributed by atoms with E-state index < -0.39 is 6.10 Å². The number of hydrogen-bond donors (Lipinski definition) is 4. The van der Waals surface area contributed by atoms with Gasteiger partial charge in [0.25, 0.3) is 0 Å². The third kappa shape index (κ3) is 6.99. The molecule has 1 aliphatic heterocycles. The molecule has 0 aromatic heterocycles. The molecular formula is C16H24ClN3O3. The summed E-state index contributed by atoms with van der Waals surface area (Å²) >= 11 is 0. The second-order valence-electron chi connectivity index (χ2n) is 5.55. The number of benzene rings is 1. The van der Waals surface area contributed by atoms with E-state index in [-0.39, 0.29) is 36.6 Å². The first-order chi connectivity index (χ1) is 10.6. The summed E-state index contributed by atoms with van der Waals surface area (Å²) in [6, 6.07) is 9.48. The van der Waals surface area contributed by atoms with Crippen molar-refractivity contribution in [1.29, 1.82) is 0 Å². The molecule has 1 aromatic carbocycles. The number of aliphatic hydroxyl groups excluding tert-OH is 1. The molecule has 2 unspecified atom stereocenters. The summed E-state index contributed by atoms with van der Waals surface area (Å²) in [7, 11) is 0. The minimum Gasteiger partial charge on any atom is -0.391 e. The standard InChI is InChI=1S/C16H23N3O3.ClH/c20-14-11-17-9-13(14)10-19-15(21)6-7-18-16(22)8-12-4-2-1-3-5-12;/h1-5,13-14,17,20H,6-11H2,(H,18,22)(H,19,21);1H. The van der Waals surface area contributed by atoms with Gasteiger partial charge in [0.15, 0.2) is 0 Å². The van der Waals surface area contributed by atoms with E-state index in [1.807, 2.05) is 30.3 Å². The Morgan fingerprint density at radius 1 is 1.13 bits per heavy atom. The highest BCUT2D eigenvalue weighted by Gasteiger charge is 2.24. The Morgan fingerprint density at radius 2 is 1.87 bits per heavy atom. The van der Waals surface area contributed by atoms with E-state index in [0.717, 1.165) is 12.1 Å². The largest absolute Gasteiger partial charge is 0.391 e. The first-order valence-electron chi connectivity index (χ1n) is 7.61. The van der Waals surface area contributed by atoms with Gasteiger partial charge in [-0.05, 0) is 5.56 Å². The molecule has 1 fully saturated rings. The van der Waals surface area contributed by atoms with Crippen molar-refractivity contribution in [2.45, 2.75) is 18.9 Å². The third-order valence-corrected chi connectivity index (χ3v) is 3.75. The number of carbonyl (C=O) groups excluding carboxylic acids is 2. The minimum atomic E-state index is -0.397. The maximum atomic E-state index is 11.7. The van der Waals surface area contributed by atoms with Crippen LogP contribution in [0.2, 0.25) is 0 Å². The molecule has 0 spiro atoms. The van der Waals surface area contributed by atoms with Crippen molar-refractivity contribution in [1.82, 2.24) is 16.0 Å². The van der Waals surface area contributed by atoms with E-state index >= 15 is 0 Å². The fourth-order valence-electron chi connectivity index (χ4n) is 2.42. The van der Waals surface area contributed by atoms with Crippen molar-refractivity contribution < 1.29 is 14.7 Å². The first-order valence-corrected chi connectivity index (χ1v) is 7.61. The number of halogens is 1. The van der Waals surface area contributed by atoms with Crippen LogP contribution in [0, 0.1) is 5.92 Å². The molecule has 23 heavy (non-hydrogen) atoms. The van der Waals surface area contributed by atoms with Crippen molar-refractivity contribution in [3.05, 3.63) is 35.9 Å². The molecule has 1 heterocycles. The number of carbonyl (C=O) groups is 2. The zero-order valence-corrected chi connectivity index (χ0v) is 13.8. The molecule has 0 radical (unpaired) electrons. The molecule has 1 aromatic rings. The predicted octanol–water partition coefficient (Wildman–Crippen LogP) is -0.146. The van der Waals surface area contributed by atoms with E-state index in [2.05, 4.69) is 16.0 Å². The Balaban J connectivity index is 0.00000264. The molecule has 0 saturated carbocycles. The molecule has 2 rings (SSSR count). The minimum absolute atomic E-state index is 0. The molecular weight excluding hydrogens is 318 g/mol. The lowest BCUT2D eigenvalue weighted by atomic mass is 10.1. The zero-order chi connectivity index (χ0) is 15.8. The number of rotatable bonds is 7. The van der Waals surface area contributed by atoms with Crippen molar-refractivity contribution >= 4 is 24.2 Å². The van der Waals surface area contributed by atoms with Crippen LogP contribution in [0.25, 0.3) is 0 Å². The van der Waals surface area contributed by atoms with Gasteiger partial charge in [-0.25, -0.2) is 0 Å². The van der Waals surface area contributed by atoms with E-state index in [1.165, 1.54) is 0 Å². The monoisotopic (exact) mass is 341 g/mol. The van der Waals surface area contributed by atoms with Crippen LogP contribution in [0.1, 0.15) is 12.0 Å². The van der Waals surface area contributed by atoms with Gasteiger partial charge < -0.3 is 21.1 Å².